The number of aliphatic carboxylic acids is 1. The van der Waals surface area contributed by atoms with Crippen molar-refractivity contribution in [1.29, 1.82) is 0 Å². The van der Waals surface area contributed by atoms with Gasteiger partial charge in [-0.05, 0) is 0 Å². The third kappa shape index (κ3) is 8.03. The van der Waals surface area contributed by atoms with Gasteiger partial charge in [-0.25, -0.2) is 4.79 Å². The minimum atomic E-state index is -1.12. The molecule has 98 valence electrons. The Morgan fingerprint density at radius 1 is 1.29 bits per heavy atom. The van der Waals surface area contributed by atoms with Gasteiger partial charge in [0.15, 0.2) is 0 Å². The molecule has 0 heterocycles. The first-order chi connectivity index (χ1) is 7.97. The topological polar surface area (TPSA) is 108 Å². The molecule has 0 bridgehead atoms. The highest BCUT2D eigenvalue weighted by atomic mass is 16.5. The summed E-state index contributed by atoms with van der Waals surface area (Å²) in [5, 5.41) is 13.2. The molecule has 0 rings (SSSR count). The molecule has 0 saturated carbocycles. The SMILES string of the molecule is COCCNC(=O)CNC(=O)N(C)CC(=O)O. The number of hydrogen-bond donors (Lipinski definition) is 3. The van der Waals surface area contributed by atoms with Crippen molar-refractivity contribution in [3.05, 3.63) is 0 Å². The second-order valence-electron chi connectivity index (χ2n) is 3.25. The molecule has 0 spiro atoms. The third-order valence-corrected chi connectivity index (χ3v) is 1.75. The lowest BCUT2D eigenvalue weighted by Gasteiger charge is -2.15. The quantitative estimate of drug-likeness (QED) is 0.473. The molecule has 3 amide bonds. The Kier molecular flexibility index (Phi) is 7.44. The molecule has 0 radical (unpaired) electrons. The van der Waals surface area contributed by atoms with E-state index in [1.165, 1.54) is 14.2 Å². The Morgan fingerprint density at radius 2 is 1.94 bits per heavy atom. The second kappa shape index (κ2) is 8.34. The van der Waals surface area contributed by atoms with Crippen molar-refractivity contribution in [1.82, 2.24) is 15.5 Å². The summed E-state index contributed by atoms with van der Waals surface area (Å²) in [4.78, 5) is 33.7. The number of nitrogens with one attached hydrogen (secondary N) is 2. The largest absolute Gasteiger partial charge is 0.480 e. The number of nitrogens with zero attached hydrogens (tertiary/aromatic N) is 1. The molecule has 0 aromatic carbocycles. The van der Waals surface area contributed by atoms with Crippen molar-refractivity contribution in [3.8, 4) is 0 Å². The van der Waals surface area contributed by atoms with Crippen LogP contribution in [0.3, 0.4) is 0 Å². The van der Waals surface area contributed by atoms with Gasteiger partial charge in [-0.15, -0.1) is 0 Å². The summed E-state index contributed by atoms with van der Waals surface area (Å²) < 4.78 is 4.72. The first kappa shape index (κ1) is 15.2. The minimum Gasteiger partial charge on any atom is -0.480 e. The van der Waals surface area contributed by atoms with Crippen LogP contribution < -0.4 is 10.6 Å². The summed E-state index contributed by atoms with van der Waals surface area (Å²) in [7, 11) is 2.83. The molecule has 8 heteroatoms. The van der Waals surface area contributed by atoms with Gasteiger partial charge in [-0.2, -0.15) is 0 Å². The van der Waals surface area contributed by atoms with Crippen molar-refractivity contribution < 1.29 is 24.2 Å². The lowest BCUT2D eigenvalue weighted by atomic mass is 10.5. The highest BCUT2D eigenvalue weighted by molar-refractivity contribution is 5.85. The summed E-state index contributed by atoms with van der Waals surface area (Å²) in [6, 6.07) is -0.616. The van der Waals surface area contributed by atoms with Crippen molar-refractivity contribution in [3.63, 3.8) is 0 Å². The standard InChI is InChI=1S/C9H17N3O5/c1-12(6-8(14)15)9(16)11-5-7(13)10-3-4-17-2/h3-6H2,1-2H3,(H,10,13)(H,11,16)(H,14,15). The molecule has 0 aromatic rings. The summed E-state index contributed by atoms with van der Waals surface area (Å²) >= 11 is 0. The van der Waals surface area contributed by atoms with Crippen LogP contribution in [0.5, 0.6) is 0 Å². The Hall–Kier alpha value is -1.83. The first-order valence-corrected chi connectivity index (χ1v) is 4.93. The van der Waals surface area contributed by atoms with Gasteiger partial charge < -0.3 is 25.4 Å². The third-order valence-electron chi connectivity index (χ3n) is 1.75. The van der Waals surface area contributed by atoms with E-state index in [9.17, 15) is 14.4 Å². The molecule has 3 N–H and O–H groups in total. The fourth-order valence-corrected chi connectivity index (χ4v) is 0.921. The van der Waals surface area contributed by atoms with Crippen molar-refractivity contribution in [2.24, 2.45) is 0 Å². The van der Waals surface area contributed by atoms with Gasteiger partial charge in [0, 0.05) is 20.7 Å². The predicted molar refractivity (Wildman–Crippen MR) is 58.6 cm³/mol. The zero-order valence-corrected chi connectivity index (χ0v) is 9.86. The molecule has 0 saturated heterocycles. The van der Waals surface area contributed by atoms with E-state index in [0.717, 1.165) is 4.90 Å². The van der Waals surface area contributed by atoms with Gasteiger partial charge in [0.1, 0.15) is 6.54 Å². The van der Waals surface area contributed by atoms with E-state index < -0.39 is 18.5 Å². The zero-order valence-electron chi connectivity index (χ0n) is 9.86. The molecule has 0 aliphatic heterocycles. The normalized spacial score (nSPS) is 9.53. The van der Waals surface area contributed by atoms with Crippen LogP contribution in [0.1, 0.15) is 0 Å². The van der Waals surface area contributed by atoms with Crippen molar-refractivity contribution in [2.75, 3.05) is 40.4 Å². The van der Waals surface area contributed by atoms with Gasteiger partial charge in [-0.1, -0.05) is 0 Å². The van der Waals surface area contributed by atoms with Crippen LogP contribution in [0, 0.1) is 0 Å². The highest BCUT2D eigenvalue weighted by Crippen LogP contribution is 1.83. The number of carboxylic acids is 1. The number of carbonyl (C=O) groups excluding carboxylic acids is 2. The van der Waals surface area contributed by atoms with Crippen LogP contribution >= 0.6 is 0 Å². The number of rotatable bonds is 7. The van der Waals surface area contributed by atoms with Gasteiger partial charge >= 0.3 is 12.0 Å². The number of carboxylic acid groups (broad SMARTS) is 1. The van der Waals surface area contributed by atoms with Crippen LogP contribution in [0.2, 0.25) is 0 Å². The summed E-state index contributed by atoms with van der Waals surface area (Å²) in [5.41, 5.74) is 0. The molecule has 0 aromatic heterocycles. The second-order valence-corrected chi connectivity index (χ2v) is 3.25. The maximum Gasteiger partial charge on any atom is 0.323 e. The number of ether oxygens (including phenoxy) is 1. The number of likely N-dealkylation sites (N-methyl/N-ethyl adjacent to an activating group) is 1. The smallest absolute Gasteiger partial charge is 0.323 e. The van der Waals surface area contributed by atoms with Crippen molar-refractivity contribution in [2.45, 2.75) is 0 Å². The van der Waals surface area contributed by atoms with E-state index in [2.05, 4.69) is 10.6 Å². The Labute approximate surface area is 98.9 Å². The number of urea groups is 1. The van der Waals surface area contributed by atoms with Crippen LogP contribution in [-0.4, -0.2) is 68.3 Å². The Bertz CT molecular complexity index is 282. The number of carbonyl (C=O) groups is 3. The molecule has 0 aliphatic rings. The monoisotopic (exact) mass is 247 g/mol. The van der Waals surface area contributed by atoms with E-state index in [1.54, 1.807) is 0 Å². The maximum atomic E-state index is 11.3. The van der Waals surface area contributed by atoms with Crippen LogP contribution in [0.4, 0.5) is 4.79 Å². The molecule has 0 fully saturated rings. The maximum absolute atomic E-state index is 11.3. The fourth-order valence-electron chi connectivity index (χ4n) is 0.921. The summed E-state index contributed by atoms with van der Waals surface area (Å²) in [6.45, 7) is 0.123. The molecule has 0 aliphatic carbocycles. The average Bonchev–Trinajstić information content (AvgIpc) is 2.25. The van der Waals surface area contributed by atoms with E-state index in [1.807, 2.05) is 0 Å². The van der Waals surface area contributed by atoms with Crippen LogP contribution in [0.25, 0.3) is 0 Å². The molecule has 0 atom stereocenters. The lowest BCUT2D eigenvalue weighted by molar-refractivity contribution is -0.137. The fraction of sp³-hybridized carbons (Fsp3) is 0.667. The Morgan fingerprint density at radius 3 is 2.47 bits per heavy atom. The number of hydrogen-bond acceptors (Lipinski definition) is 4. The predicted octanol–water partition coefficient (Wildman–Crippen LogP) is -1.52. The first-order valence-electron chi connectivity index (χ1n) is 4.93. The Balaban J connectivity index is 3.75. The molecular weight excluding hydrogens is 230 g/mol. The number of amides is 3. The van der Waals surface area contributed by atoms with E-state index in [-0.39, 0.29) is 12.5 Å². The van der Waals surface area contributed by atoms with Gasteiger partial charge in [0.05, 0.1) is 13.2 Å². The van der Waals surface area contributed by atoms with E-state index >= 15 is 0 Å². The van der Waals surface area contributed by atoms with Crippen molar-refractivity contribution >= 4 is 17.9 Å². The van der Waals surface area contributed by atoms with Gasteiger partial charge in [0.25, 0.3) is 0 Å². The van der Waals surface area contributed by atoms with Gasteiger partial charge in [-0.3, -0.25) is 9.59 Å². The lowest BCUT2D eigenvalue weighted by Crippen LogP contribution is -2.44. The molecule has 8 nitrogen and oxygen atoms in total. The summed E-state index contributed by atoms with van der Waals surface area (Å²) in [5.74, 6) is -1.48. The van der Waals surface area contributed by atoms with Crippen LogP contribution in [0.15, 0.2) is 0 Å². The highest BCUT2D eigenvalue weighted by Gasteiger charge is 2.12. The van der Waals surface area contributed by atoms with E-state index in [4.69, 9.17) is 9.84 Å². The molecular formula is C9H17N3O5. The van der Waals surface area contributed by atoms with E-state index in [0.29, 0.717) is 13.2 Å². The summed E-state index contributed by atoms with van der Waals surface area (Å²) in [6.07, 6.45) is 0. The minimum absolute atomic E-state index is 0.202. The molecule has 17 heavy (non-hydrogen) atoms. The average molecular weight is 247 g/mol. The molecule has 0 unspecified atom stereocenters. The van der Waals surface area contributed by atoms with Crippen LogP contribution in [-0.2, 0) is 14.3 Å². The van der Waals surface area contributed by atoms with Gasteiger partial charge in [0.2, 0.25) is 5.91 Å². The number of methoxy groups -OCH3 is 1. The zero-order chi connectivity index (χ0) is 13.3.